The van der Waals surface area contributed by atoms with Crippen LogP contribution in [0.4, 0.5) is 5.69 Å². The van der Waals surface area contributed by atoms with Crippen molar-refractivity contribution in [2.75, 3.05) is 11.4 Å². The fourth-order valence-electron chi connectivity index (χ4n) is 3.79. The van der Waals surface area contributed by atoms with E-state index >= 15 is 0 Å². The van der Waals surface area contributed by atoms with Crippen molar-refractivity contribution in [2.24, 2.45) is 0 Å². The van der Waals surface area contributed by atoms with Crippen LogP contribution in [0.3, 0.4) is 0 Å². The van der Waals surface area contributed by atoms with Crippen molar-refractivity contribution in [3.05, 3.63) is 98.5 Å². The zero-order valence-corrected chi connectivity index (χ0v) is 18.1. The predicted molar refractivity (Wildman–Crippen MR) is 122 cm³/mol. The van der Waals surface area contributed by atoms with Gasteiger partial charge in [-0.25, -0.2) is 4.79 Å². The van der Waals surface area contributed by atoms with Crippen molar-refractivity contribution >= 4 is 40.8 Å². The number of fused-ring (bicyclic) bond motifs is 1. The Hall–Kier alpha value is -3.02. The number of nitrogens with zero attached hydrogens (tertiary/aromatic N) is 1. The molecule has 0 bridgehead atoms. The van der Waals surface area contributed by atoms with Crippen LogP contribution in [-0.4, -0.2) is 23.5 Å². The quantitative estimate of drug-likeness (QED) is 0.537. The topological polar surface area (TPSA) is 69.6 Å². The second-order valence-electron chi connectivity index (χ2n) is 7.41. The molecule has 4 rings (SSSR count). The Morgan fingerprint density at radius 1 is 1.03 bits per heavy atom. The summed E-state index contributed by atoms with van der Waals surface area (Å²) < 4.78 is 0. The van der Waals surface area contributed by atoms with Gasteiger partial charge in [0.1, 0.15) is 0 Å². The van der Waals surface area contributed by atoms with Crippen LogP contribution in [0.5, 0.6) is 0 Å². The fourth-order valence-corrected chi connectivity index (χ4v) is 4.16. The first-order valence-corrected chi connectivity index (χ1v) is 10.6. The largest absolute Gasteiger partial charge is 0.478 e. The van der Waals surface area contributed by atoms with Crippen molar-refractivity contribution in [1.29, 1.82) is 0 Å². The number of carbonyl (C=O) groups is 2. The molecule has 0 atom stereocenters. The van der Waals surface area contributed by atoms with Gasteiger partial charge in [0.15, 0.2) is 0 Å². The van der Waals surface area contributed by atoms with Gasteiger partial charge in [-0.3, -0.25) is 4.79 Å². The number of hydrogen-bond acceptors (Lipinski definition) is 3. The average Bonchev–Trinajstić information content (AvgIpc) is 3.18. The van der Waals surface area contributed by atoms with Gasteiger partial charge in [0.05, 0.1) is 16.8 Å². The highest BCUT2D eigenvalue weighted by Crippen LogP contribution is 2.34. The summed E-state index contributed by atoms with van der Waals surface area (Å²) in [7, 11) is 0. The smallest absolute Gasteiger partial charge is 0.335 e. The summed E-state index contributed by atoms with van der Waals surface area (Å²) in [5.41, 5.74) is 4.60. The molecule has 3 aromatic rings. The van der Waals surface area contributed by atoms with E-state index in [0.717, 1.165) is 35.3 Å². The SMILES string of the molecule is O=C(O)c1ccc(CNC(=O)c2cccc3c2N(Cc2cc(Cl)ccc2Cl)CC3)cc1. The van der Waals surface area contributed by atoms with Crippen molar-refractivity contribution in [3.63, 3.8) is 0 Å². The molecule has 1 heterocycles. The van der Waals surface area contributed by atoms with Crippen LogP contribution in [-0.2, 0) is 19.5 Å². The summed E-state index contributed by atoms with van der Waals surface area (Å²) in [6, 6.07) is 17.6. The Morgan fingerprint density at radius 3 is 2.55 bits per heavy atom. The zero-order chi connectivity index (χ0) is 22.0. The Labute approximate surface area is 190 Å². The molecule has 1 aliphatic heterocycles. The van der Waals surface area contributed by atoms with Gasteiger partial charge in [0.25, 0.3) is 5.91 Å². The van der Waals surface area contributed by atoms with Crippen molar-refractivity contribution in [3.8, 4) is 0 Å². The lowest BCUT2D eigenvalue weighted by atomic mass is 10.1. The van der Waals surface area contributed by atoms with Crippen LogP contribution in [0, 0.1) is 0 Å². The third kappa shape index (κ3) is 4.68. The van der Waals surface area contributed by atoms with Gasteiger partial charge in [0, 0.05) is 29.7 Å². The van der Waals surface area contributed by atoms with E-state index in [1.54, 1.807) is 24.3 Å². The third-order valence-electron chi connectivity index (χ3n) is 5.35. The minimum atomic E-state index is -0.977. The molecule has 7 heteroatoms. The molecule has 0 aromatic heterocycles. The highest BCUT2D eigenvalue weighted by molar-refractivity contribution is 6.33. The van der Waals surface area contributed by atoms with E-state index in [1.807, 2.05) is 24.3 Å². The number of amides is 1. The van der Waals surface area contributed by atoms with Crippen molar-refractivity contribution < 1.29 is 14.7 Å². The van der Waals surface area contributed by atoms with Gasteiger partial charge >= 0.3 is 5.97 Å². The van der Waals surface area contributed by atoms with E-state index in [0.29, 0.717) is 28.7 Å². The number of para-hydroxylation sites is 1. The van der Waals surface area contributed by atoms with E-state index in [1.165, 1.54) is 12.1 Å². The van der Waals surface area contributed by atoms with Gasteiger partial charge in [-0.15, -0.1) is 0 Å². The lowest BCUT2D eigenvalue weighted by molar-refractivity contribution is 0.0696. The standard InChI is InChI=1S/C24H20Cl2N2O3/c25-19-8-9-21(26)18(12-19)14-28-11-10-16-2-1-3-20(22(16)28)23(29)27-13-15-4-6-17(7-5-15)24(30)31/h1-9,12H,10-11,13-14H2,(H,27,29)(H,30,31). The molecule has 0 spiro atoms. The molecule has 1 amide bonds. The monoisotopic (exact) mass is 454 g/mol. The first-order valence-electron chi connectivity index (χ1n) is 9.83. The van der Waals surface area contributed by atoms with Gasteiger partial charge < -0.3 is 15.3 Å². The number of carbonyl (C=O) groups excluding carboxylic acids is 1. The number of anilines is 1. The number of benzene rings is 3. The predicted octanol–water partition coefficient (Wildman–Crippen LogP) is 5.18. The lowest BCUT2D eigenvalue weighted by Gasteiger charge is -2.23. The summed E-state index contributed by atoms with van der Waals surface area (Å²) in [4.78, 5) is 26.1. The van der Waals surface area contributed by atoms with E-state index in [4.69, 9.17) is 28.3 Å². The lowest BCUT2D eigenvalue weighted by Crippen LogP contribution is -2.27. The maximum atomic E-state index is 13.0. The maximum absolute atomic E-state index is 13.0. The van der Waals surface area contributed by atoms with Gasteiger partial charge in [-0.2, -0.15) is 0 Å². The summed E-state index contributed by atoms with van der Waals surface area (Å²) in [6.07, 6.45) is 0.852. The van der Waals surface area contributed by atoms with Crippen LogP contribution in [0.25, 0.3) is 0 Å². The van der Waals surface area contributed by atoms with E-state index < -0.39 is 5.97 Å². The minimum Gasteiger partial charge on any atom is -0.478 e. The van der Waals surface area contributed by atoms with Crippen molar-refractivity contribution in [1.82, 2.24) is 5.32 Å². The highest BCUT2D eigenvalue weighted by Gasteiger charge is 2.25. The molecule has 0 radical (unpaired) electrons. The fraction of sp³-hybridized carbons (Fsp3) is 0.167. The van der Waals surface area contributed by atoms with Gasteiger partial charge in [-0.05, 0) is 59.5 Å². The number of aromatic carboxylic acids is 1. The van der Waals surface area contributed by atoms with Crippen LogP contribution in [0.2, 0.25) is 10.0 Å². The molecule has 0 aliphatic carbocycles. The van der Waals surface area contributed by atoms with Crippen LogP contribution < -0.4 is 10.2 Å². The molecule has 2 N–H and O–H groups in total. The molecule has 31 heavy (non-hydrogen) atoms. The molecule has 0 unspecified atom stereocenters. The Morgan fingerprint density at radius 2 is 1.81 bits per heavy atom. The number of nitrogens with one attached hydrogen (secondary N) is 1. The maximum Gasteiger partial charge on any atom is 0.335 e. The summed E-state index contributed by atoms with van der Waals surface area (Å²) in [5, 5.41) is 13.2. The molecule has 0 saturated heterocycles. The number of carboxylic acids is 1. The van der Waals surface area contributed by atoms with Crippen molar-refractivity contribution in [2.45, 2.75) is 19.5 Å². The first kappa shape index (κ1) is 21.2. The Balaban J connectivity index is 1.52. The summed E-state index contributed by atoms with van der Waals surface area (Å²) in [6.45, 7) is 1.66. The zero-order valence-electron chi connectivity index (χ0n) is 16.6. The number of carboxylic acid groups (broad SMARTS) is 1. The number of halogens is 2. The Kier molecular flexibility index (Phi) is 6.16. The minimum absolute atomic E-state index is 0.178. The summed E-state index contributed by atoms with van der Waals surface area (Å²) in [5.74, 6) is -1.15. The van der Waals surface area contributed by atoms with Gasteiger partial charge in [0.2, 0.25) is 0 Å². The molecule has 0 fully saturated rings. The number of rotatable bonds is 6. The van der Waals surface area contributed by atoms with Crippen LogP contribution in [0.15, 0.2) is 60.7 Å². The van der Waals surface area contributed by atoms with E-state index in [2.05, 4.69) is 10.2 Å². The normalized spacial score (nSPS) is 12.5. The number of hydrogen-bond donors (Lipinski definition) is 2. The van der Waals surface area contributed by atoms with Crippen LogP contribution in [0.1, 0.15) is 37.4 Å². The molecule has 3 aromatic carbocycles. The second kappa shape index (κ2) is 9.00. The van der Waals surface area contributed by atoms with Crippen LogP contribution >= 0.6 is 23.2 Å². The molecular formula is C24H20Cl2N2O3. The molecule has 5 nitrogen and oxygen atoms in total. The average molecular weight is 455 g/mol. The first-order chi connectivity index (χ1) is 14.9. The molecule has 0 saturated carbocycles. The highest BCUT2D eigenvalue weighted by atomic mass is 35.5. The van der Waals surface area contributed by atoms with Gasteiger partial charge in [-0.1, -0.05) is 47.5 Å². The molecule has 1 aliphatic rings. The molecule has 158 valence electrons. The second-order valence-corrected chi connectivity index (χ2v) is 8.25. The van der Waals surface area contributed by atoms with E-state index in [-0.39, 0.29) is 11.5 Å². The third-order valence-corrected chi connectivity index (χ3v) is 5.96. The van der Waals surface area contributed by atoms with E-state index in [9.17, 15) is 9.59 Å². The summed E-state index contributed by atoms with van der Waals surface area (Å²) >= 11 is 12.5. The Bertz CT molecular complexity index is 1150. The molecular weight excluding hydrogens is 435 g/mol.